The van der Waals surface area contributed by atoms with Gasteiger partial charge < -0.3 is 15.0 Å². The first-order valence-corrected chi connectivity index (χ1v) is 5.47. The van der Waals surface area contributed by atoms with Gasteiger partial charge in [-0.05, 0) is 18.2 Å². The average molecular weight is 206 g/mol. The molecule has 1 fully saturated rings. The van der Waals surface area contributed by atoms with Gasteiger partial charge in [0, 0.05) is 38.3 Å². The standard InChI is InChI=1S/C12H18N2O/c1-15-12-4-2-3-11(5-6-12)14-9-7-13-8-10-14/h2-3,5-6,13H,4,7-10H2,1H3. The van der Waals surface area contributed by atoms with Gasteiger partial charge in [0.15, 0.2) is 0 Å². The van der Waals surface area contributed by atoms with Crippen molar-refractivity contribution in [1.29, 1.82) is 0 Å². The van der Waals surface area contributed by atoms with E-state index >= 15 is 0 Å². The summed E-state index contributed by atoms with van der Waals surface area (Å²) in [5.41, 5.74) is 1.29. The maximum Gasteiger partial charge on any atom is 0.0993 e. The second-order valence-electron chi connectivity index (χ2n) is 3.77. The smallest absolute Gasteiger partial charge is 0.0993 e. The van der Waals surface area contributed by atoms with Crippen LogP contribution >= 0.6 is 0 Å². The lowest BCUT2D eigenvalue weighted by Crippen LogP contribution is -2.42. The summed E-state index contributed by atoms with van der Waals surface area (Å²) in [5, 5.41) is 3.36. The summed E-state index contributed by atoms with van der Waals surface area (Å²) in [6, 6.07) is 0. The highest BCUT2D eigenvalue weighted by molar-refractivity contribution is 5.28. The fourth-order valence-electron chi connectivity index (χ4n) is 1.88. The molecule has 1 N–H and O–H groups in total. The molecule has 3 heteroatoms. The third-order valence-corrected chi connectivity index (χ3v) is 2.79. The number of piperazine rings is 1. The minimum absolute atomic E-state index is 0.891. The molecule has 1 saturated heterocycles. The Morgan fingerprint density at radius 1 is 1.27 bits per heavy atom. The molecule has 1 aliphatic heterocycles. The van der Waals surface area contributed by atoms with E-state index in [-0.39, 0.29) is 0 Å². The molecule has 0 unspecified atom stereocenters. The average Bonchev–Trinajstić information content (AvgIpc) is 2.55. The highest BCUT2D eigenvalue weighted by Gasteiger charge is 2.11. The second-order valence-corrected chi connectivity index (χ2v) is 3.77. The Hall–Kier alpha value is -1.22. The lowest BCUT2D eigenvalue weighted by atomic mass is 10.2. The Bertz CT molecular complexity index is 299. The van der Waals surface area contributed by atoms with E-state index in [1.165, 1.54) is 5.70 Å². The molecule has 0 saturated carbocycles. The normalized spacial score (nSPS) is 21.8. The molecular formula is C12H18N2O. The fraction of sp³-hybridized carbons (Fsp3) is 0.500. The Balaban J connectivity index is 2.07. The summed E-state index contributed by atoms with van der Waals surface area (Å²) in [4.78, 5) is 2.40. The van der Waals surface area contributed by atoms with Crippen LogP contribution in [-0.4, -0.2) is 38.2 Å². The minimum atomic E-state index is 0.891. The number of methoxy groups -OCH3 is 1. The molecule has 0 bridgehead atoms. The van der Waals surface area contributed by atoms with Gasteiger partial charge in [-0.1, -0.05) is 6.08 Å². The maximum absolute atomic E-state index is 5.24. The van der Waals surface area contributed by atoms with Crippen LogP contribution in [0.3, 0.4) is 0 Å². The molecule has 3 nitrogen and oxygen atoms in total. The lowest BCUT2D eigenvalue weighted by Gasteiger charge is -2.30. The Kier molecular flexibility index (Phi) is 3.45. The second kappa shape index (κ2) is 5.03. The van der Waals surface area contributed by atoms with Gasteiger partial charge in [-0.15, -0.1) is 0 Å². The number of hydrogen-bond donors (Lipinski definition) is 1. The van der Waals surface area contributed by atoms with Gasteiger partial charge >= 0.3 is 0 Å². The quantitative estimate of drug-likeness (QED) is 0.736. The summed E-state index contributed by atoms with van der Waals surface area (Å²) < 4.78 is 5.24. The van der Waals surface area contributed by atoms with Crippen LogP contribution in [0.15, 0.2) is 35.8 Å². The SMILES string of the molecule is COC1=CC=C(N2CCNCC2)C=CC1. The molecule has 15 heavy (non-hydrogen) atoms. The van der Waals surface area contributed by atoms with Crippen molar-refractivity contribution < 1.29 is 4.74 Å². The molecule has 82 valence electrons. The molecule has 1 heterocycles. The zero-order valence-corrected chi connectivity index (χ0v) is 9.20. The Morgan fingerprint density at radius 2 is 2.07 bits per heavy atom. The van der Waals surface area contributed by atoms with Crippen LogP contribution in [0.5, 0.6) is 0 Å². The van der Waals surface area contributed by atoms with Crippen molar-refractivity contribution >= 4 is 0 Å². The van der Waals surface area contributed by atoms with Crippen molar-refractivity contribution in [2.24, 2.45) is 0 Å². The number of ether oxygens (including phenoxy) is 1. The van der Waals surface area contributed by atoms with Crippen LogP contribution in [0.1, 0.15) is 6.42 Å². The molecule has 1 aliphatic carbocycles. The Labute approximate surface area is 91.1 Å². The molecular weight excluding hydrogens is 188 g/mol. The molecule has 0 aromatic carbocycles. The number of hydrogen-bond acceptors (Lipinski definition) is 3. The van der Waals surface area contributed by atoms with E-state index in [1.54, 1.807) is 7.11 Å². The monoisotopic (exact) mass is 206 g/mol. The molecule has 2 rings (SSSR count). The van der Waals surface area contributed by atoms with Gasteiger partial charge in [0.2, 0.25) is 0 Å². The van der Waals surface area contributed by atoms with Gasteiger partial charge in [0.05, 0.1) is 12.9 Å². The molecule has 0 aromatic rings. The number of rotatable bonds is 2. The van der Waals surface area contributed by atoms with Crippen molar-refractivity contribution in [3.63, 3.8) is 0 Å². The summed E-state index contributed by atoms with van der Waals surface area (Å²) in [5.74, 6) is 1.02. The van der Waals surface area contributed by atoms with Crippen LogP contribution in [0.25, 0.3) is 0 Å². The van der Waals surface area contributed by atoms with E-state index in [2.05, 4.69) is 34.5 Å². The van der Waals surface area contributed by atoms with Crippen molar-refractivity contribution in [2.45, 2.75) is 6.42 Å². The van der Waals surface area contributed by atoms with Gasteiger partial charge in [-0.2, -0.15) is 0 Å². The van der Waals surface area contributed by atoms with Gasteiger partial charge in [-0.25, -0.2) is 0 Å². The van der Waals surface area contributed by atoms with E-state index in [0.29, 0.717) is 0 Å². The number of nitrogens with zero attached hydrogens (tertiary/aromatic N) is 1. The first kappa shape index (κ1) is 10.3. The number of nitrogens with one attached hydrogen (secondary N) is 1. The van der Waals surface area contributed by atoms with Crippen molar-refractivity contribution in [2.75, 3.05) is 33.3 Å². The zero-order valence-electron chi connectivity index (χ0n) is 9.20. The van der Waals surface area contributed by atoms with Gasteiger partial charge in [0.1, 0.15) is 0 Å². The number of allylic oxidation sites excluding steroid dienone is 4. The van der Waals surface area contributed by atoms with Gasteiger partial charge in [0.25, 0.3) is 0 Å². The van der Waals surface area contributed by atoms with Crippen molar-refractivity contribution in [3.8, 4) is 0 Å². The fourth-order valence-corrected chi connectivity index (χ4v) is 1.88. The molecule has 2 aliphatic rings. The van der Waals surface area contributed by atoms with E-state index in [0.717, 1.165) is 38.4 Å². The molecule has 0 spiro atoms. The van der Waals surface area contributed by atoms with E-state index in [9.17, 15) is 0 Å². The predicted octanol–water partition coefficient (Wildman–Crippen LogP) is 1.27. The zero-order chi connectivity index (χ0) is 10.5. The van der Waals surface area contributed by atoms with Crippen LogP contribution < -0.4 is 5.32 Å². The summed E-state index contributed by atoms with van der Waals surface area (Å²) in [7, 11) is 1.73. The molecule has 0 amide bonds. The third-order valence-electron chi connectivity index (χ3n) is 2.79. The minimum Gasteiger partial charge on any atom is -0.501 e. The Morgan fingerprint density at radius 3 is 2.80 bits per heavy atom. The summed E-state index contributed by atoms with van der Waals surface area (Å²) in [6.45, 7) is 4.33. The van der Waals surface area contributed by atoms with Crippen LogP contribution in [0.4, 0.5) is 0 Å². The molecule has 0 atom stereocenters. The van der Waals surface area contributed by atoms with Crippen molar-refractivity contribution in [3.05, 3.63) is 35.8 Å². The molecule has 0 aromatic heterocycles. The van der Waals surface area contributed by atoms with Crippen LogP contribution in [0, 0.1) is 0 Å². The van der Waals surface area contributed by atoms with E-state index in [4.69, 9.17) is 4.74 Å². The summed E-state index contributed by atoms with van der Waals surface area (Å²) in [6.07, 6.45) is 9.46. The molecule has 0 radical (unpaired) electrons. The first-order chi connectivity index (χ1) is 7.40. The largest absolute Gasteiger partial charge is 0.501 e. The maximum atomic E-state index is 5.24. The topological polar surface area (TPSA) is 24.5 Å². The lowest BCUT2D eigenvalue weighted by molar-refractivity contribution is 0.285. The van der Waals surface area contributed by atoms with E-state index < -0.39 is 0 Å². The van der Waals surface area contributed by atoms with Crippen LogP contribution in [-0.2, 0) is 4.74 Å². The first-order valence-electron chi connectivity index (χ1n) is 5.47. The highest BCUT2D eigenvalue weighted by Crippen LogP contribution is 2.15. The van der Waals surface area contributed by atoms with Crippen molar-refractivity contribution in [1.82, 2.24) is 10.2 Å². The summed E-state index contributed by atoms with van der Waals surface area (Å²) >= 11 is 0. The van der Waals surface area contributed by atoms with Gasteiger partial charge in [-0.3, -0.25) is 0 Å². The van der Waals surface area contributed by atoms with E-state index in [1.807, 2.05) is 0 Å². The predicted molar refractivity (Wildman–Crippen MR) is 61.4 cm³/mol. The third kappa shape index (κ3) is 2.63. The van der Waals surface area contributed by atoms with Crippen LogP contribution in [0.2, 0.25) is 0 Å². The highest BCUT2D eigenvalue weighted by atomic mass is 16.5.